The zero-order valence-corrected chi connectivity index (χ0v) is 11.6. The second kappa shape index (κ2) is 5.51. The fourth-order valence-corrected chi connectivity index (χ4v) is 2.66. The van der Waals surface area contributed by atoms with Gasteiger partial charge in [-0.05, 0) is 18.9 Å². The van der Waals surface area contributed by atoms with Gasteiger partial charge in [-0.2, -0.15) is 0 Å². The molecule has 2 rings (SSSR count). The molecular formula is C12H16Cl2N2O2. The number of nitrogens with zero attached hydrogens (tertiary/aromatic N) is 1. The third kappa shape index (κ3) is 2.66. The van der Waals surface area contributed by atoms with Gasteiger partial charge in [0, 0.05) is 7.05 Å². The smallest absolute Gasteiger partial charge is 0.268 e. The maximum Gasteiger partial charge on any atom is 0.268 e. The molecule has 0 spiro atoms. The molecule has 2 N–H and O–H groups in total. The molecule has 2 atom stereocenters. The minimum Gasteiger partial charge on any atom is -0.391 e. The van der Waals surface area contributed by atoms with Crippen molar-refractivity contribution < 1.29 is 9.90 Å². The van der Waals surface area contributed by atoms with Crippen LogP contribution in [0.1, 0.15) is 36.2 Å². The first-order chi connectivity index (χ1) is 8.50. The Kier molecular flexibility index (Phi) is 4.20. The molecule has 1 aliphatic rings. The molecule has 100 valence electrons. The zero-order chi connectivity index (χ0) is 13.3. The van der Waals surface area contributed by atoms with Gasteiger partial charge in [-0.15, -0.1) is 0 Å². The van der Waals surface area contributed by atoms with E-state index in [1.54, 1.807) is 7.05 Å². The molecule has 0 radical (unpaired) electrons. The summed E-state index contributed by atoms with van der Waals surface area (Å²) >= 11 is 11.8. The molecule has 1 amide bonds. The summed E-state index contributed by atoms with van der Waals surface area (Å²) < 4.78 is 1.54. The van der Waals surface area contributed by atoms with Crippen molar-refractivity contribution >= 4 is 29.1 Å². The number of hydrogen-bond acceptors (Lipinski definition) is 2. The SMILES string of the molecule is Cn1c(C(=O)NC2CCCCC2O)cc(Cl)c1Cl. The number of aliphatic hydroxyl groups is 1. The molecule has 1 heterocycles. The van der Waals surface area contributed by atoms with Crippen LogP contribution in [-0.2, 0) is 7.05 Å². The van der Waals surface area contributed by atoms with Crippen LogP contribution in [0.25, 0.3) is 0 Å². The molecule has 1 saturated carbocycles. The topological polar surface area (TPSA) is 54.3 Å². The second-order valence-corrected chi connectivity index (χ2v) is 5.42. The Labute approximate surface area is 116 Å². The van der Waals surface area contributed by atoms with Gasteiger partial charge < -0.3 is 15.0 Å². The highest BCUT2D eigenvalue weighted by Crippen LogP contribution is 2.25. The van der Waals surface area contributed by atoms with Gasteiger partial charge in [0.2, 0.25) is 0 Å². The van der Waals surface area contributed by atoms with Crippen molar-refractivity contribution in [3.8, 4) is 0 Å². The summed E-state index contributed by atoms with van der Waals surface area (Å²) in [5.41, 5.74) is 0.405. The van der Waals surface area contributed by atoms with Gasteiger partial charge in [0.25, 0.3) is 5.91 Å². The van der Waals surface area contributed by atoms with Crippen molar-refractivity contribution in [1.82, 2.24) is 9.88 Å². The maximum absolute atomic E-state index is 12.1. The van der Waals surface area contributed by atoms with Crippen LogP contribution in [-0.4, -0.2) is 27.7 Å². The summed E-state index contributed by atoms with van der Waals surface area (Å²) in [4.78, 5) is 12.1. The molecule has 0 aliphatic heterocycles. The van der Waals surface area contributed by atoms with E-state index in [0.29, 0.717) is 15.9 Å². The van der Waals surface area contributed by atoms with Gasteiger partial charge in [-0.3, -0.25) is 4.79 Å². The molecule has 1 aliphatic carbocycles. The first-order valence-electron chi connectivity index (χ1n) is 6.00. The van der Waals surface area contributed by atoms with Crippen molar-refractivity contribution in [3.05, 3.63) is 21.9 Å². The third-order valence-electron chi connectivity index (χ3n) is 3.39. The number of rotatable bonds is 2. The lowest BCUT2D eigenvalue weighted by atomic mass is 9.92. The van der Waals surface area contributed by atoms with Gasteiger partial charge in [0.1, 0.15) is 10.8 Å². The summed E-state index contributed by atoms with van der Waals surface area (Å²) in [6.07, 6.45) is 3.11. The Balaban J connectivity index is 2.09. The first-order valence-corrected chi connectivity index (χ1v) is 6.76. The largest absolute Gasteiger partial charge is 0.391 e. The fourth-order valence-electron chi connectivity index (χ4n) is 2.28. The minimum absolute atomic E-state index is 0.182. The van der Waals surface area contributed by atoms with Crippen LogP contribution < -0.4 is 5.32 Å². The number of amides is 1. The van der Waals surface area contributed by atoms with Crippen molar-refractivity contribution in [1.29, 1.82) is 0 Å². The average molecular weight is 291 g/mol. The van der Waals surface area contributed by atoms with E-state index >= 15 is 0 Å². The number of carbonyl (C=O) groups is 1. The quantitative estimate of drug-likeness (QED) is 0.879. The minimum atomic E-state index is -0.464. The number of hydrogen-bond donors (Lipinski definition) is 2. The predicted octanol–water partition coefficient (Wildman–Crippen LogP) is 2.37. The standard InChI is InChI=1S/C12H16Cl2N2O2/c1-16-9(6-7(13)11(16)14)12(18)15-8-4-2-3-5-10(8)17/h6,8,10,17H,2-5H2,1H3,(H,15,18). The summed E-state index contributed by atoms with van der Waals surface area (Å²) in [5.74, 6) is -0.253. The Morgan fingerprint density at radius 3 is 2.67 bits per heavy atom. The van der Waals surface area contributed by atoms with Crippen molar-refractivity contribution in [2.45, 2.75) is 37.8 Å². The van der Waals surface area contributed by atoms with Gasteiger partial charge in [0.05, 0.1) is 17.2 Å². The summed E-state index contributed by atoms with van der Waals surface area (Å²) in [6, 6.07) is 1.35. The van der Waals surface area contributed by atoms with Gasteiger partial charge in [0.15, 0.2) is 0 Å². The van der Waals surface area contributed by atoms with Crippen LogP contribution in [0.2, 0.25) is 10.2 Å². The number of halogens is 2. The van der Waals surface area contributed by atoms with Crippen LogP contribution in [0.5, 0.6) is 0 Å². The first kappa shape index (κ1) is 13.7. The number of nitrogens with one attached hydrogen (secondary N) is 1. The highest BCUT2D eigenvalue weighted by atomic mass is 35.5. The van der Waals surface area contributed by atoms with Crippen molar-refractivity contribution in [3.63, 3.8) is 0 Å². The van der Waals surface area contributed by atoms with E-state index in [9.17, 15) is 9.90 Å². The summed E-state index contributed by atoms with van der Waals surface area (Å²) in [5, 5.41) is 13.4. The molecule has 1 fully saturated rings. The van der Waals surface area contributed by atoms with Gasteiger partial charge in [-0.1, -0.05) is 36.0 Å². The predicted molar refractivity (Wildman–Crippen MR) is 71.2 cm³/mol. The second-order valence-electron chi connectivity index (χ2n) is 4.66. The van der Waals surface area contributed by atoms with Gasteiger partial charge in [-0.25, -0.2) is 0 Å². The number of aromatic nitrogens is 1. The van der Waals surface area contributed by atoms with E-state index in [0.717, 1.165) is 25.7 Å². The molecular weight excluding hydrogens is 275 g/mol. The number of carbonyl (C=O) groups excluding carboxylic acids is 1. The van der Waals surface area contributed by atoms with Crippen LogP contribution >= 0.6 is 23.2 Å². The molecule has 0 bridgehead atoms. The van der Waals surface area contributed by atoms with Crippen LogP contribution in [0.15, 0.2) is 6.07 Å². The Morgan fingerprint density at radius 2 is 2.11 bits per heavy atom. The molecule has 1 aromatic heterocycles. The lowest BCUT2D eigenvalue weighted by molar-refractivity contribution is 0.0711. The van der Waals surface area contributed by atoms with E-state index in [1.807, 2.05) is 0 Å². The zero-order valence-electron chi connectivity index (χ0n) is 10.1. The maximum atomic E-state index is 12.1. The Morgan fingerprint density at radius 1 is 1.44 bits per heavy atom. The Bertz CT molecular complexity index is 459. The third-order valence-corrected chi connectivity index (χ3v) is 4.24. The van der Waals surface area contributed by atoms with E-state index in [2.05, 4.69) is 5.32 Å². The highest BCUT2D eigenvalue weighted by Gasteiger charge is 2.26. The molecule has 4 nitrogen and oxygen atoms in total. The highest BCUT2D eigenvalue weighted by molar-refractivity contribution is 6.41. The van der Waals surface area contributed by atoms with E-state index in [1.165, 1.54) is 10.6 Å². The summed E-state index contributed by atoms with van der Waals surface area (Å²) in [7, 11) is 1.68. The monoisotopic (exact) mass is 290 g/mol. The molecule has 2 unspecified atom stereocenters. The van der Waals surface area contributed by atoms with E-state index < -0.39 is 6.10 Å². The average Bonchev–Trinajstić information content (AvgIpc) is 2.60. The van der Waals surface area contributed by atoms with E-state index in [4.69, 9.17) is 23.2 Å². The van der Waals surface area contributed by atoms with Crippen LogP contribution in [0.4, 0.5) is 0 Å². The van der Waals surface area contributed by atoms with E-state index in [-0.39, 0.29) is 11.9 Å². The van der Waals surface area contributed by atoms with Gasteiger partial charge >= 0.3 is 0 Å². The van der Waals surface area contributed by atoms with Crippen molar-refractivity contribution in [2.75, 3.05) is 0 Å². The van der Waals surface area contributed by atoms with Crippen molar-refractivity contribution in [2.24, 2.45) is 7.05 Å². The Hall–Kier alpha value is -0.710. The lowest BCUT2D eigenvalue weighted by Crippen LogP contribution is -2.45. The molecule has 18 heavy (non-hydrogen) atoms. The normalized spacial score (nSPS) is 24.0. The molecule has 0 aromatic carbocycles. The lowest BCUT2D eigenvalue weighted by Gasteiger charge is -2.28. The molecule has 0 saturated heterocycles. The van der Waals surface area contributed by atoms with Crippen LogP contribution in [0.3, 0.4) is 0 Å². The molecule has 6 heteroatoms. The van der Waals surface area contributed by atoms with Crippen LogP contribution in [0, 0.1) is 0 Å². The number of aliphatic hydroxyl groups excluding tert-OH is 1. The fraction of sp³-hybridized carbons (Fsp3) is 0.583. The summed E-state index contributed by atoms with van der Waals surface area (Å²) in [6.45, 7) is 0. The molecule has 1 aromatic rings.